The summed E-state index contributed by atoms with van der Waals surface area (Å²) in [5.74, 6) is 0.576. The van der Waals surface area contributed by atoms with Crippen molar-refractivity contribution in [2.45, 2.75) is 33.4 Å². The number of hydrogen-bond acceptors (Lipinski definition) is 4. The maximum absolute atomic E-state index is 12.3. The quantitative estimate of drug-likeness (QED) is 0.798. The third-order valence-electron chi connectivity index (χ3n) is 2.68. The van der Waals surface area contributed by atoms with E-state index in [1.165, 1.54) is 6.07 Å². The third-order valence-corrected chi connectivity index (χ3v) is 2.68. The van der Waals surface area contributed by atoms with E-state index in [1.807, 2.05) is 13.8 Å². The van der Waals surface area contributed by atoms with Crippen molar-refractivity contribution in [1.29, 1.82) is 5.26 Å². The highest BCUT2D eigenvalue weighted by Gasteiger charge is 2.16. The summed E-state index contributed by atoms with van der Waals surface area (Å²) in [6.45, 7) is 3.90. The number of nitriles is 1. The summed E-state index contributed by atoms with van der Waals surface area (Å²) in [5, 5.41) is 12.3. The predicted molar refractivity (Wildman–Crippen MR) is 75.4 cm³/mol. The number of ether oxygens (including phenoxy) is 2. The molecule has 1 aromatic rings. The summed E-state index contributed by atoms with van der Waals surface area (Å²) in [6.07, 6.45) is 0. The topological polar surface area (TPSA) is 54.3 Å². The van der Waals surface area contributed by atoms with Gasteiger partial charge in [0.05, 0.1) is 12.7 Å². The first-order chi connectivity index (χ1) is 9.97. The highest BCUT2D eigenvalue weighted by molar-refractivity contribution is 5.45. The number of hydrogen-bond donors (Lipinski definition) is 1. The molecule has 21 heavy (non-hydrogen) atoms. The van der Waals surface area contributed by atoms with E-state index >= 15 is 0 Å². The van der Waals surface area contributed by atoms with Crippen LogP contribution >= 0.6 is 0 Å². The minimum atomic E-state index is -2.92. The molecule has 0 fully saturated rings. The lowest BCUT2D eigenvalue weighted by atomic mass is 10.1. The Labute approximate surface area is 123 Å². The van der Waals surface area contributed by atoms with Gasteiger partial charge < -0.3 is 9.47 Å². The van der Waals surface area contributed by atoms with Gasteiger partial charge in [-0.25, -0.2) is 0 Å². The SMILES string of the molecule is CCOc1cc(C(C#N)NCC(C)C)ccc1OC(F)F. The molecule has 1 unspecified atom stereocenters. The second kappa shape index (κ2) is 8.42. The molecule has 0 amide bonds. The van der Waals surface area contributed by atoms with Crippen LogP contribution in [0.5, 0.6) is 11.5 Å². The highest BCUT2D eigenvalue weighted by atomic mass is 19.3. The molecular weight excluding hydrogens is 278 g/mol. The Morgan fingerprint density at radius 2 is 2.00 bits per heavy atom. The molecule has 116 valence electrons. The maximum Gasteiger partial charge on any atom is 0.387 e. The van der Waals surface area contributed by atoms with Crippen molar-refractivity contribution in [3.63, 3.8) is 0 Å². The zero-order valence-corrected chi connectivity index (χ0v) is 12.4. The van der Waals surface area contributed by atoms with Gasteiger partial charge in [-0.1, -0.05) is 19.9 Å². The van der Waals surface area contributed by atoms with Crippen molar-refractivity contribution in [2.75, 3.05) is 13.2 Å². The predicted octanol–water partition coefficient (Wildman–Crippen LogP) is 3.50. The fourth-order valence-electron chi connectivity index (χ4n) is 1.76. The van der Waals surface area contributed by atoms with Crippen LogP contribution in [-0.2, 0) is 0 Å². The summed E-state index contributed by atoms with van der Waals surface area (Å²) in [7, 11) is 0. The van der Waals surface area contributed by atoms with E-state index in [1.54, 1.807) is 19.1 Å². The Morgan fingerprint density at radius 3 is 2.52 bits per heavy atom. The molecule has 4 nitrogen and oxygen atoms in total. The summed E-state index contributed by atoms with van der Waals surface area (Å²) in [4.78, 5) is 0. The van der Waals surface area contributed by atoms with E-state index < -0.39 is 12.7 Å². The van der Waals surface area contributed by atoms with Crippen LogP contribution in [0.2, 0.25) is 0 Å². The van der Waals surface area contributed by atoms with Gasteiger partial charge in [0, 0.05) is 0 Å². The number of nitrogens with one attached hydrogen (secondary N) is 1. The van der Waals surface area contributed by atoms with E-state index in [4.69, 9.17) is 4.74 Å². The van der Waals surface area contributed by atoms with E-state index in [2.05, 4.69) is 16.1 Å². The Hall–Kier alpha value is -1.87. The first-order valence-electron chi connectivity index (χ1n) is 6.82. The van der Waals surface area contributed by atoms with Gasteiger partial charge in [-0.15, -0.1) is 0 Å². The standard InChI is InChI=1S/C15H20F2N2O2/c1-4-20-14-7-11(5-6-13(14)21-15(16)17)12(8-18)19-9-10(2)3/h5-7,10,12,15,19H,4,9H2,1-3H3. The number of nitrogens with zero attached hydrogens (tertiary/aromatic N) is 1. The zero-order chi connectivity index (χ0) is 15.8. The van der Waals surface area contributed by atoms with E-state index in [9.17, 15) is 14.0 Å². The van der Waals surface area contributed by atoms with Crippen LogP contribution in [0, 0.1) is 17.2 Å². The fraction of sp³-hybridized carbons (Fsp3) is 0.533. The van der Waals surface area contributed by atoms with Crippen molar-refractivity contribution < 1.29 is 18.3 Å². The number of rotatable bonds is 8. The molecule has 1 N–H and O–H groups in total. The molecule has 0 aliphatic carbocycles. The molecule has 0 heterocycles. The molecule has 0 saturated heterocycles. The van der Waals surface area contributed by atoms with Crippen molar-refractivity contribution in [3.05, 3.63) is 23.8 Å². The summed E-state index contributed by atoms with van der Waals surface area (Å²) < 4.78 is 34.4. The number of halogens is 2. The molecule has 0 aliphatic heterocycles. The fourth-order valence-corrected chi connectivity index (χ4v) is 1.76. The minimum absolute atomic E-state index is 0.0313. The largest absolute Gasteiger partial charge is 0.490 e. The smallest absolute Gasteiger partial charge is 0.387 e. The lowest BCUT2D eigenvalue weighted by molar-refractivity contribution is -0.0514. The van der Waals surface area contributed by atoms with Gasteiger partial charge in [-0.2, -0.15) is 14.0 Å². The Morgan fingerprint density at radius 1 is 1.29 bits per heavy atom. The third kappa shape index (κ3) is 5.56. The molecule has 0 bridgehead atoms. The molecule has 0 aliphatic rings. The number of alkyl halides is 2. The Balaban J connectivity index is 2.97. The lowest BCUT2D eigenvalue weighted by Crippen LogP contribution is -2.24. The van der Waals surface area contributed by atoms with Gasteiger partial charge in [-0.3, -0.25) is 5.32 Å². The molecule has 0 spiro atoms. The molecule has 1 rings (SSSR count). The van der Waals surface area contributed by atoms with Crippen LogP contribution < -0.4 is 14.8 Å². The second-order valence-electron chi connectivity index (χ2n) is 4.88. The van der Waals surface area contributed by atoms with Crippen LogP contribution in [0.25, 0.3) is 0 Å². The Bertz CT molecular complexity index is 487. The zero-order valence-electron chi connectivity index (χ0n) is 12.4. The van der Waals surface area contributed by atoms with Crippen molar-refractivity contribution in [3.8, 4) is 17.6 Å². The van der Waals surface area contributed by atoms with E-state index in [-0.39, 0.29) is 11.5 Å². The molecule has 1 aromatic carbocycles. The first-order valence-corrected chi connectivity index (χ1v) is 6.82. The van der Waals surface area contributed by atoms with Crippen LogP contribution in [0.15, 0.2) is 18.2 Å². The van der Waals surface area contributed by atoms with Crippen LogP contribution in [0.3, 0.4) is 0 Å². The molecule has 0 aromatic heterocycles. The molecule has 0 saturated carbocycles. The van der Waals surface area contributed by atoms with Crippen molar-refractivity contribution in [2.24, 2.45) is 5.92 Å². The summed E-state index contributed by atoms with van der Waals surface area (Å²) >= 11 is 0. The first kappa shape index (κ1) is 17.2. The van der Waals surface area contributed by atoms with Crippen LogP contribution in [0.1, 0.15) is 32.4 Å². The lowest BCUT2D eigenvalue weighted by Gasteiger charge is -2.17. The molecular formula is C15H20F2N2O2. The van der Waals surface area contributed by atoms with Gasteiger partial charge in [-0.05, 0) is 37.1 Å². The summed E-state index contributed by atoms with van der Waals surface area (Å²) in [6, 6.07) is 6.17. The van der Waals surface area contributed by atoms with Gasteiger partial charge >= 0.3 is 6.61 Å². The van der Waals surface area contributed by atoms with Gasteiger partial charge in [0.1, 0.15) is 6.04 Å². The molecule has 6 heteroatoms. The maximum atomic E-state index is 12.3. The Kier molecular flexibility index (Phi) is 6.89. The minimum Gasteiger partial charge on any atom is -0.490 e. The van der Waals surface area contributed by atoms with Gasteiger partial charge in [0.25, 0.3) is 0 Å². The average Bonchev–Trinajstić information content (AvgIpc) is 2.41. The second-order valence-corrected chi connectivity index (χ2v) is 4.88. The molecule has 1 atom stereocenters. The van der Waals surface area contributed by atoms with Gasteiger partial charge in [0.15, 0.2) is 11.5 Å². The molecule has 0 radical (unpaired) electrons. The monoisotopic (exact) mass is 298 g/mol. The summed E-state index contributed by atoms with van der Waals surface area (Å²) in [5.41, 5.74) is 0.656. The van der Waals surface area contributed by atoms with E-state index in [0.717, 1.165) is 0 Å². The van der Waals surface area contributed by atoms with E-state index in [0.29, 0.717) is 24.6 Å². The average molecular weight is 298 g/mol. The van der Waals surface area contributed by atoms with Crippen LogP contribution in [-0.4, -0.2) is 19.8 Å². The van der Waals surface area contributed by atoms with Crippen LogP contribution in [0.4, 0.5) is 8.78 Å². The van der Waals surface area contributed by atoms with Crippen molar-refractivity contribution in [1.82, 2.24) is 5.32 Å². The van der Waals surface area contributed by atoms with Gasteiger partial charge in [0.2, 0.25) is 0 Å². The van der Waals surface area contributed by atoms with Crippen molar-refractivity contribution >= 4 is 0 Å². The number of benzene rings is 1. The highest BCUT2D eigenvalue weighted by Crippen LogP contribution is 2.31. The normalized spacial score (nSPS) is 12.3.